The lowest BCUT2D eigenvalue weighted by atomic mass is 10.1. The van der Waals surface area contributed by atoms with Gasteiger partial charge in [-0.05, 0) is 37.6 Å². The number of hydrogen-bond acceptors (Lipinski definition) is 4. The van der Waals surface area contributed by atoms with Crippen molar-refractivity contribution in [3.05, 3.63) is 54.2 Å². The highest BCUT2D eigenvalue weighted by Crippen LogP contribution is 2.51. The lowest BCUT2D eigenvalue weighted by Crippen LogP contribution is -1.99. The van der Waals surface area contributed by atoms with Crippen LogP contribution in [0.3, 0.4) is 0 Å². The number of benzene rings is 1. The molecule has 0 N–H and O–H groups in total. The summed E-state index contributed by atoms with van der Waals surface area (Å²) in [5.74, 6) is 0. The molecule has 0 atom stereocenters. The largest absolute Gasteiger partial charge is 0.335 e. The summed E-state index contributed by atoms with van der Waals surface area (Å²) in [4.78, 5) is 4.33. The van der Waals surface area contributed by atoms with Crippen LogP contribution in [0.15, 0.2) is 48.7 Å². The van der Waals surface area contributed by atoms with E-state index in [0.29, 0.717) is 13.2 Å². The number of pyridine rings is 1. The summed E-state index contributed by atoms with van der Waals surface area (Å²) in [6.07, 6.45) is 2.03. The first-order valence-electron chi connectivity index (χ1n) is 7.05. The molecule has 5 heteroatoms. The molecular formula is C16H20NO3P. The Morgan fingerprint density at radius 1 is 1.05 bits per heavy atom. The first kappa shape index (κ1) is 15.9. The predicted octanol–water partition coefficient (Wildman–Crippen LogP) is 4.51. The van der Waals surface area contributed by atoms with Gasteiger partial charge < -0.3 is 9.05 Å². The molecule has 0 aliphatic heterocycles. The van der Waals surface area contributed by atoms with Crippen molar-refractivity contribution in [2.24, 2.45) is 0 Å². The van der Waals surface area contributed by atoms with Gasteiger partial charge in [-0.15, -0.1) is 0 Å². The third-order valence-corrected chi connectivity index (χ3v) is 4.97. The zero-order valence-electron chi connectivity index (χ0n) is 12.4. The highest BCUT2D eigenvalue weighted by Gasteiger charge is 2.24. The fourth-order valence-corrected chi connectivity index (χ4v) is 3.80. The van der Waals surface area contributed by atoms with Gasteiger partial charge in [0.1, 0.15) is 0 Å². The van der Waals surface area contributed by atoms with Crippen LogP contribution < -0.4 is 0 Å². The van der Waals surface area contributed by atoms with Crippen molar-refractivity contribution < 1.29 is 13.6 Å². The maximum Gasteiger partial charge on any atom is 0.335 e. The van der Waals surface area contributed by atoms with E-state index in [4.69, 9.17) is 9.05 Å². The van der Waals surface area contributed by atoms with Crippen molar-refractivity contribution >= 4 is 7.60 Å². The van der Waals surface area contributed by atoms with Crippen molar-refractivity contribution in [2.75, 3.05) is 13.2 Å². The van der Waals surface area contributed by atoms with Gasteiger partial charge in [0.05, 0.1) is 25.1 Å². The normalized spacial score (nSPS) is 11.5. The Balaban J connectivity index is 2.23. The minimum absolute atomic E-state index is 0.273. The second-order valence-corrected chi connectivity index (χ2v) is 6.57. The fourth-order valence-electron chi connectivity index (χ4n) is 2.11. The van der Waals surface area contributed by atoms with Crippen LogP contribution in [0.1, 0.15) is 19.4 Å². The van der Waals surface area contributed by atoms with Crippen LogP contribution in [0.5, 0.6) is 0 Å². The molecule has 2 aromatic rings. The molecule has 21 heavy (non-hydrogen) atoms. The van der Waals surface area contributed by atoms with Gasteiger partial charge in [-0.2, -0.15) is 0 Å². The van der Waals surface area contributed by atoms with Crippen LogP contribution in [0.2, 0.25) is 0 Å². The van der Waals surface area contributed by atoms with Crippen LogP contribution in [-0.4, -0.2) is 18.2 Å². The fraction of sp³-hybridized carbons (Fsp3) is 0.312. The zero-order valence-corrected chi connectivity index (χ0v) is 13.3. The smallest absolute Gasteiger partial charge is 0.309 e. The van der Waals surface area contributed by atoms with Crippen LogP contribution in [0.4, 0.5) is 0 Å². The third kappa shape index (κ3) is 4.50. The maximum absolute atomic E-state index is 12.6. The van der Waals surface area contributed by atoms with E-state index >= 15 is 0 Å². The Bertz CT molecular complexity index is 606. The summed E-state index contributed by atoms with van der Waals surface area (Å²) in [5.41, 5.74) is 2.80. The molecule has 0 spiro atoms. The van der Waals surface area contributed by atoms with E-state index in [1.165, 1.54) is 0 Å². The first-order valence-corrected chi connectivity index (χ1v) is 8.78. The number of hydrogen-bond donors (Lipinski definition) is 0. The van der Waals surface area contributed by atoms with Gasteiger partial charge in [0, 0.05) is 11.8 Å². The molecule has 0 radical (unpaired) electrons. The molecule has 4 nitrogen and oxygen atoms in total. The van der Waals surface area contributed by atoms with E-state index in [-0.39, 0.29) is 6.16 Å². The molecule has 2 rings (SSSR count). The molecule has 0 bridgehead atoms. The van der Waals surface area contributed by atoms with Crippen molar-refractivity contribution in [2.45, 2.75) is 20.0 Å². The van der Waals surface area contributed by atoms with E-state index < -0.39 is 7.60 Å². The molecular weight excluding hydrogens is 285 g/mol. The minimum Gasteiger partial charge on any atom is -0.309 e. The van der Waals surface area contributed by atoms with Crippen LogP contribution in [0.25, 0.3) is 11.3 Å². The number of rotatable bonds is 7. The zero-order chi connectivity index (χ0) is 15.1. The van der Waals surface area contributed by atoms with E-state index in [1.54, 1.807) is 6.20 Å². The monoisotopic (exact) mass is 305 g/mol. The van der Waals surface area contributed by atoms with Crippen molar-refractivity contribution in [1.82, 2.24) is 4.98 Å². The molecule has 0 fully saturated rings. The second-order valence-electron chi connectivity index (χ2n) is 4.52. The summed E-state index contributed by atoms with van der Waals surface area (Å²) in [5, 5.41) is 0. The predicted molar refractivity (Wildman–Crippen MR) is 84.2 cm³/mol. The summed E-state index contributed by atoms with van der Waals surface area (Å²) in [6.45, 7) is 4.38. The Morgan fingerprint density at radius 2 is 1.81 bits per heavy atom. The summed E-state index contributed by atoms with van der Waals surface area (Å²) < 4.78 is 23.2. The minimum atomic E-state index is -3.07. The Kier molecular flexibility index (Phi) is 5.68. The van der Waals surface area contributed by atoms with Gasteiger partial charge in [0.25, 0.3) is 0 Å². The molecule has 1 heterocycles. The molecule has 0 amide bonds. The lowest BCUT2D eigenvalue weighted by molar-refractivity contribution is 0.219. The van der Waals surface area contributed by atoms with Gasteiger partial charge in [0.15, 0.2) is 0 Å². The molecule has 0 aliphatic rings. The topological polar surface area (TPSA) is 48.4 Å². The summed E-state index contributed by atoms with van der Waals surface area (Å²) >= 11 is 0. The molecule has 112 valence electrons. The first-order chi connectivity index (χ1) is 10.2. The molecule has 1 aromatic heterocycles. The summed E-state index contributed by atoms with van der Waals surface area (Å²) in [6, 6.07) is 13.6. The van der Waals surface area contributed by atoms with Crippen LogP contribution >= 0.6 is 7.60 Å². The van der Waals surface area contributed by atoms with Crippen molar-refractivity contribution in [3.63, 3.8) is 0 Å². The SMILES string of the molecule is CCOP(=O)(Cc1cccc(-c2ccccn2)c1)OCC. The third-order valence-electron chi connectivity index (χ3n) is 2.92. The molecule has 0 aliphatic carbocycles. The van der Waals surface area contributed by atoms with Gasteiger partial charge >= 0.3 is 7.60 Å². The molecule has 0 saturated carbocycles. The van der Waals surface area contributed by atoms with Gasteiger partial charge in [-0.25, -0.2) is 0 Å². The van der Waals surface area contributed by atoms with E-state index in [1.807, 2.05) is 56.3 Å². The molecule has 0 unspecified atom stereocenters. The number of aromatic nitrogens is 1. The van der Waals surface area contributed by atoms with E-state index in [9.17, 15) is 4.57 Å². The molecule has 0 saturated heterocycles. The Labute approximate surface area is 125 Å². The van der Waals surface area contributed by atoms with Crippen LogP contribution in [0, 0.1) is 0 Å². The van der Waals surface area contributed by atoms with Crippen LogP contribution in [-0.2, 0) is 19.8 Å². The molecule has 1 aromatic carbocycles. The number of nitrogens with zero attached hydrogens (tertiary/aromatic N) is 1. The maximum atomic E-state index is 12.6. The highest BCUT2D eigenvalue weighted by molar-refractivity contribution is 7.53. The Hall–Kier alpha value is -1.48. The summed E-state index contributed by atoms with van der Waals surface area (Å²) in [7, 11) is -3.07. The van der Waals surface area contributed by atoms with Gasteiger partial charge in [0.2, 0.25) is 0 Å². The van der Waals surface area contributed by atoms with Gasteiger partial charge in [-0.1, -0.05) is 24.3 Å². The lowest BCUT2D eigenvalue weighted by Gasteiger charge is -2.17. The van der Waals surface area contributed by atoms with Crippen molar-refractivity contribution in [3.8, 4) is 11.3 Å². The van der Waals surface area contributed by atoms with Gasteiger partial charge in [-0.3, -0.25) is 9.55 Å². The average molecular weight is 305 g/mol. The average Bonchev–Trinajstić information content (AvgIpc) is 2.49. The highest BCUT2D eigenvalue weighted by atomic mass is 31.2. The second kappa shape index (κ2) is 7.51. The van der Waals surface area contributed by atoms with E-state index in [2.05, 4.69) is 4.98 Å². The Morgan fingerprint density at radius 3 is 2.43 bits per heavy atom. The van der Waals surface area contributed by atoms with Crippen molar-refractivity contribution in [1.29, 1.82) is 0 Å². The quantitative estimate of drug-likeness (QED) is 0.706. The standard InChI is InChI=1S/C16H20NO3P/c1-3-19-21(18,20-4-2)13-14-8-7-9-15(12-14)16-10-5-6-11-17-16/h5-12H,3-4,13H2,1-2H3. The van der Waals surface area contributed by atoms with E-state index in [0.717, 1.165) is 16.8 Å².